The first kappa shape index (κ1) is 24.4. The number of aromatic amines is 1. The van der Waals surface area contributed by atoms with Gasteiger partial charge in [-0.2, -0.15) is 4.98 Å². The number of nitrogens with one attached hydrogen (secondary N) is 2. The summed E-state index contributed by atoms with van der Waals surface area (Å²) in [6.45, 7) is -0.433. The minimum Gasteiger partial charge on any atom is -0.493 e. The Morgan fingerprint density at radius 2 is 1.81 bits per heavy atom. The molecule has 0 spiro atoms. The second-order valence-electron chi connectivity index (χ2n) is 8.23. The second kappa shape index (κ2) is 9.62. The van der Waals surface area contributed by atoms with Crippen LogP contribution in [0.5, 0.6) is 5.75 Å². The molecule has 0 unspecified atom stereocenters. The van der Waals surface area contributed by atoms with Crippen molar-refractivity contribution in [2.75, 3.05) is 11.9 Å². The minimum absolute atomic E-state index is 0.108. The van der Waals surface area contributed by atoms with Gasteiger partial charge in [0.2, 0.25) is 5.95 Å². The highest BCUT2D eigenvalue weighted by Gasteiger charge is 2.20. The molecule has 9 nitrogen and oxygen atoms in total. The third-order valence-electron chi connectivity index (χ3n) is 5.79. The van der Waals surface area contributed by atoms with Crippen molar-refractivity contribution in [3.8, 4) is 5.75 Å². The summed E-state index contributed by atoms with van der Waals surface area (Å²) in [4.78, 5) is 44.8. The number of pyridine rings is 1. The zero-order valence-electron chi connectivity index (χ0n) is 18.9. The number of hydrogen-bond acceptors (Lipinski definition) is 6. The van der Waals surface area contributed by atoms with Crippen LogP contribution in [0.4, 0.5) is 24.8 Å². The van der Waals surface area contributed by atoms with E-state index in [4.69, 9.17) is 16.3 Å². The van der Waals surface area contributed by atoms with Gasteiger partial charge in [-0.05, 0) is 35.4 Å². The van der Waals surface area contributed by atoms with Gasteiger partial charge < -0.3 is 15.0 Å². The van der Waals surface area contributed by atoms with E-state index in [0.717, 1.165) is 22.3 Å². The van der Waals surface area contributed by atoms with Crippen LogP contribution in [0.25, 0.3) is 0 Å². The number of ether oxygens (including phenoxy) is 1. The molecule has 4 aromatic rings. The summed E-state index contributed by atoms with van der Waals surface area (Å²) in [6, 6.07) is 7.65. The molecule has 2 aromatic heterocycles. The van der Waals surface area contributed by atoms with Gasteiger partial charge in [0.15, 0.2) is 17.5 Å². The maximum absolute atomic E-state index is 13.9. The molecule has 190 valence electrons. The molecule has 5 rings (SSSR count). The minimum atomic E-state index is -1.66. The van der Waals surface area contributed by atoms with E-state index in [-0.39, 0.29) is 22.1 Å². The van der Waals surface area contributed by atoms with Crippen molar-refractivity contribution in [1.82, 2.24) is 19.1 Å². The first-order chi connectivity index (χ1) is 17.7. The van der Waals surface area contributed by atoms with Gasteiger partial charge in [-0.3, -0.25) is 9.36 Å². The molecular formula is C24H17ClF3N5O4. The molecule has 13 heteroatoms. The molecule has 0 atom stereocenters. The predicted molar refractivity (Wildman–Crippen MR) is 128 cm³/mol. The van der Waals surface area contributed by atoms with Crippen molar-refractivity contribution in [2.24, 2.45) is 0 Å². The molecule has 0 aliphatic carbocycles. The van der Waals surface area contributed by atoms with Crippen LogP contribution in [0.1, 0.15) is 16.7 Å². The highest BCUT2D eigenvalue weighted by Crippen LogP contribution is 2.35. The van der Waals surface area contributed by atoms with Crippen molar-refractivity contribution in [1.29, 1.82) is 0 Å². The SMILES string of the molecule is O=c1[nH]cccc1Cn1c(=O)nc(Nc2cc3c(cc2Cl)OCC3)n(Cc2cc(F)c(F)c(F)c2)c1=O. The number of H-pyrrole nitrogens is 1. The number of rotatable bonds is 6. The Kier molecular flexibility index (Phi) is 6.34. The molecule has 0 fully saturated rings. The number of aromatic nitrogens is 4. The normalized spacial score (nSPS) is 12.3. The van der Waals surface area contributed by atoms with Gasteiger partial charge in [0.05, 0.1) is 30.4 Å². The molecular weight excluding hydrogens is 515 g/mol. The first-order valence-corrected chi connectivity index (χ1v) is 11.3. The molecule has 0 amide bonds. The third-order valence-corrected chi connectivity index (χ3v) is 6.10. The fourth-order valence-corrected chi connectivity index (χ4v) is 4.15. The summed E-state index contributed by atoms with van der Waals surface area (Å²) in [5, 5.41) is 3.05. The van der Waals surface area contributed by atoms with Crippen LogP contribution < -0.4 is 27.0 Å². The third kappa shape index (κ3) is 4.75. The van der Waals surface area contributed by atoms with Crippen LogP contribution in [0.3, 0.4) is 0 Å². The molecule has 1 aliphatic heterocycles. The summed E-state index contributed by atoms with van der Waals surface area (Å²) in [6.07, 6.45) is 2.00. The Labute approximate surface area is 210 Å². The lowest BCUT2D eigenvalue weighted by atomic mass is 10.1. The topological polar surface area (TPSA) is 111 Å². The van der Waals surface area contributed by atoms with E-state index in [1.54, 1.807) is 12.1 Å². The molecule has 2 N–H and O–H groups in total. The molecule has 3 heterocycles. The van der Waals surface area contributed by atoms with E-state index in [2.05, 4.69) is 15.3 Å². The molecule has 0 saturated heterocycles. The molecule has 0 bridgehead atoms. The predicted octanol–water partition coefficient (Wildman–Crippen LogP) is 2.94. The van der Waals surface area contributed by atoms with Crippen LogP contribution in [0.2, 0.25) is 5.02 Å². The van der Waals surface area contributed by atoms with Crippen LogP contribution in [-0.4, -0.2) is 25.7 Å². The van der Waals surface area contributed by atoms with Gasteiger partial charge >= 0.3 is 11.4 Å². The van der Waals surface area contributed by atoms with Crippen molar-refractivity contribution < 1.29 is 17.9 Å². The smallest absolute Gasteiger partial charge is 0.355 e. The fraction of sp³-hybridized carbons (Fsp3) is 0.167. The first-order valence-electron chi connectivity index (χ1n) is 10.9. The van der Waals surface area contributed by atoms with E-state index < -0.39 is 47.5 Å². The number of halogens is 4. The molecule has 0 radical (unpaired) electrons. The number of fused-ring (bicyclic) bond motifs is 1. The van der Waals surface area contributed by atoms with Gasteiger partial charge in [0.25, 0.3) is 5.56 Å². The Bertz CT molecular complexity index is 1690. The maximum atomic E-state index is 13.9. The Balaban J connectivity index is 1.63. The van der Waals surface area contributed by atoms with E-state index >= 15 is 0 Å². The van der Waals surface area contributed by atoms with Crippen LogP contribution in [0, 0.1) is 17.5 Å². The highest BCUT2D eigenvalue weighted by molar-refractivity contribution is 6.33. The molecule has 2 aromatic carbocycles. The quantitative estimate of drug-likeness (QED) is 0.370. The zero-order chi connectivity index (χ0) is 26.3. The summed E-state index contributed by atoms with van der Waals surface area (Å²) in [5.74, 6) is -4.23. The maximum Gasteiger partial charge on any atom is 0.355 e. The van der Waals surface area contributed by atoms with Gasteiger partial charge in [-0.15, -0.1) is 0 Å². The number of anilines is 2. The Morgan fingerprint density at radius 1 is 1.05 bits per heavy atom. The Morgan fingerprint density at radius 3 is 2.54 bits per heavy atom. The monoisotopic (exact) mass is 531 g/mol. The van der Waals surface area contributed by atoms with Crippen molar-refractivity contribution in [3.05, 3.63) is 113 Å². The van der Waals surface area contributed by atoms with Crippen LogP contribution in [-0.2, 0) is 19.5 Å². The van der Waals surface area contributed by atoms with Gasteiger partial charge in [-0.1, -0.05) is 17.7 Å². The number of benzene rings is 2. The standard InChI is InChI=1S/C24H17ClF3N5O4/c25-15-9-19-13(3-5-37-19)8-18(15)30-22-31-23(35)33(11-14-2-1-4-29-21(14)34)24(36)32(22)10-12-6-16(26)20(28)17(27)7-12/h1-2,4,6-9H,3,5,10-11H2,(H,29,34)(H,30,31,35). The fourth-order valence-electron chi connectivity index (χ4n) is 3.95. The number of nitrogens with zero attached hydrogens (tertiary/aromatic N) is 3. The lowest BCUT2D eigenvalue weighted by molar-refractivity contribution is 0.357. The van der Waals surface area contributed by atoms with Crippen molar-refractivity contribution in [2.45, 2.75) is 19.5 Å². The summed E-state index contributed by atoms with van der Waals surface area (Å²) in [7, 11) is 0. The van der Waals surface area contributed by atoms with E-state index in [0.29, 0.717) is 29.0 Å². The molecule has 0 saturated carbocycles. The number of hydrogen-bond donors (Lipinski definition) is 2. The van der Waals surface area contributed by atoms with Gasteiger partial charge in [-0.25, -0.2) is 27.3 Å². The molecule has 37 heavy (non-hydrogen) atoms. The van der Waals surface area contributed by atoms with E-state index in [1.165, 1.54) is 18.3 Å². The molecule has 1 aliphatic rings. The average molecular weight is 532 g/mol. The zero-order valence-corrected chi connectivity index (χ0v) is 19.6. The van der Waals surface area contributed by atoms with Crippen molar-refractivity contribution >= 4 is 23.2 Å². The lowest BCUT2D eigenvalue weighted by Gasteiger charge is -2.17. The lowest BCUT2D eigenvalue weighted by Crippen LogP contribution is -2.43. The van der Waals surface area contributed by atoms with Crippen LogP contribution in [0.15, 0.2) is 57.0 Å². The summed E-state index contributed by atoms with van der Waals surface area (Å²) in [5.41, 5.74) is -1.30. The summed E-state index contributed by atoms with van der Waals surface area (Å²) >= 11 is 6.34. The largest absolute Gasteiger partial charge is 0.493 e. The van der Waals surface area contributed by atoms with Crippen molar-refractivity contribution in [3.63, 3.8) is 0 Å². The van der Waals surface area contributed by atoms with Crippen LogP contribution >= 0.6 is 11.6 Å². The highest BCUT2D eigenvalue weighted by atomic mass is 35.5. The van der Waals surface area contributed by atoms with Gasteiger partial charge in [0.1, 0.15) is 5.75 Å². The summed E-state index contributed by atoms with van der Waals surface area (Å²) < 4.78 is 48.4. The van der Waals surface area contributed by atoms with E-state index in [9.17, 15) is 27.6 Å². The van der Waals surface area contributed by atoms with E-state index in [1.807, 2.05) is 0 Å². The second-order valence-corrected chi connectivity index (χ2v) is 8.64. The Hall–Kier alpha value is -4.32. The van der Waals surface area contributed by atoms with Gasteiger partial charge in [0, 0.05) is 24.2 Å². The average Bonchev–Trinajstić information content (AvgIpc) is 3.31.